The zero-order valence-electron chi connectivity index (χ0n) is 25.3. The summed E-state index contributed by atoms with van der Waals surface area (Å²) in [5.41, 5.74) is 12.2. The van der Waals surface area contributed by atoms with Gasteiger partial charge in [0.25, 0.3) is 0 Å². The quantitative estimate of drug-likeness (QED) is 0.207. The third-order valence-corrected chi connectivity index (χ3v) is 9.63. The molecule has 0 aliphatic heterocycles. The van der Waals surface area contributed by atoms with E-state index in [0.29, 0.717) is 0 Å². The van der Waals surface area contributed by atoms with Gasteiger partial charge in [-0.25, -0.2) is 0 Å². The molecule has 0 fully saturated rings. The van der Waals surface area contributed by atoms with E-state index in [9.17, 15) is 0 Å². The van der Waals surface area contributed by atoms with Crippen LogP contribution in [0.3, 0.4) is 0 Å². The van der Waals surface area contributed by atoms with Crippen LogP contribution in [-0.2, 0) is 5.41 Å². The molecule has 3 heteroatoms. The van der Waals surface area contributed by atoms with Crippen molar-refractivity contribution in [3.8, 4) is 16.8 Å². The van der Waals surface area contributed by atoms with Crippen molar-refractivity contribution in [1.29, 1.82) is 0 Å². The zero-order valence-corrected chi connectivity index (χ0v) is 25.3. The highest BCUT2D eigenvalue weighted by Gasteiger charge is 2.37. The molecule has 0 amide bonds. The Morgan fingerprint density at radius 2 is 1.20 bits per heavy atom. The van der Waals surface area contributed by atoms with Crippen molar-refractivity contribution in [2.75, 3.05) is 4.90 Å². The summed E-state index contributed by atoms with van der Waals surface area (Å²) in [6.45, 7) is 4.74. The standard InChI is InChI=1S/C42H31N3/c1-42(2)38-27-32(17-20-34(38)36-19-16-28-10-6-7-13-33(28)41(36)42)44(30-22-24-43-25-23-30)31-18-21-40-37(26-31)35-14-8-9-15-39(35)45(40)29-11-4-3-5-12-29/h3-27H,1-2H3. The number of benzene rings is 6. The monoisotopic (exact) mass is 577 g/mol. The molecule has 0 atom stereocenters. The molecule has 0 N–H and O–H groups in total. The molecule has 1 aliphatic carbocycles. The zero-order chi connectivity index (χ0) is 30.1. The van der Waals surface area contributed by atoms with E-state index in [1.54, 1.807) is 0 Å². The maximum Gasteiger partial charge on any atom is 0.0542 e. The second-order valence-electron chi connectivity index (χ2n) is 12.5. The van der Waals surface area contributed by atoms with Crippen molar-refractivity contribution in [2.45, 2.75) is 19.3 Å². The Balaban J connectivity index is 1.25. The molecular formula is C42H31N3. The Morgan fingerprint density at radius 1 is 0.533 bits per heavy atom. The van der Waals surface area contributed by atoms with Crippen LogP contribution in [-0.4, -0.2) is 9.55 Å². The van der Waals surface area contributed by atoms with Crippen LogP contribution in [0.4, 0.5) is 17.1 Å². The molecule has 214 valence electrons. The van der Waals surface area contributed by atoms with Gasteiger partial charge in [0.1, 0.15) is 0 Å². The molecule has 2 heterocycles. The lowest BCUT2D eigenvalue weighted by molar-refractivity contribution is 0.666. The van der Waals surface area contributed by atoms with Crippen molar-refractivity contribution < 1.29 is 0 Å². The van der Waals surface area contributed by atoms with Gasteiger partial charge >= 0.3 is 0 Å². The summed E-state index contributed by atoms with van der Waals surface area (Å²) in [4.78, 5) is 6.72. The van der Waals surface area contributed by atoms with Crippen molar-refractivity contribution in [1.82, 2.24) is 9.55 Å². The molecule has 9 rings (SSSR count). The third-order valence-electron chi connectivity index (χ3n) is 9.63. The maximum absolute atomic E-state index is 4.35. The van der Waals surface area contributed by atoms with Gasteiger partial charge in [-0.15, -0.1) is 0 Å². The molecule has 0 bridgehead atoms. The molecule has 6 aromatic carbocycles. The second-order valence-corrected chi connectivity index (χ2v) is 12.5. The van der Waals surface area contributed by atoms with Crippen molar-refractivity contribution >= 4 is 49.6 Å². The lowest BCUT2D eigenvalue weighted by Crippen LogP contribution is -2.17. The van der Waals surface area contributed by atoms with Gasteiger partial charge < -0.3 is 9.47 Å². The van der Waals surface area contributed by atoms with Gasteiger partial charge in [0.15, 0.2) is 0 Å². The Bertz CT molecular complexity index is 2400. The molecule has 0 saturated heterocycles. The largest absolute Gasteiger partial charge is 0.310 e. The number of pyridine rings is 1. The normalized spacial score (nSPS) is 13.3. The van der Waals surface area contributed by atoms with E-state index in [0.717, 1.165) is 22.7 Å². The number of anilines is 3. The maximum atomic E-state index is 4.35. The van der Waals surface area contributed by atoms with Gasteiger partial charge in [-0.2, -0.15) is 0 Å². The highest BCUT2D eigenvalue weighted by Crippen LogP contribution is 2.53. The summed E-state index contributed by atoms with van der Waals surface area (Å²) >= 11 is 0. The van der Waals surface area contributed by atoms with Crippen LogP contribution in [0.1, 0.15) is 25.0 Å². The van der Waals surface area contributed by atoms with Crippen molar-refractivity contribution in [3.05, 3.63) is 163 Å². The van der Waals surface area contributed by atoms with Gasteiger partial charge in [-0.1, -0.05) is 92.7 Å². The van der Waals surface area contributed by atoms with E-state index in [-0.39, 0.29) is 5.41 Å². The molecule has 3 nitrogen and oxygen atoms in total. The highest BCUT2D eigenvalue weighted by molar-refractivity contribution is 6.10. The van der Waals surface area contributed by atoms with E-state index in [2.05, 4.69) is 168 Å². The molecule has 0 unspecified atom stereocenters. The number of hydrogen-bond acceptors (Lipinski definition) is 2. The van der Waals surface area contributed by atoms with Gasteiger partial charge in [0, 0.05) is 51.3 Å². The third kappa shape index (κ3) is 3.80. The molecule has 45 heavy (non-hydrogen) atoms. The fourth-order valence-corrected chi connectivity index (χ4v) is 7.62. The van der Waals surface area contributed by atoms with Gasteiger partial charge in [0.05, 0.1) is 11.0 Å². The summed E-state index contributed by atoms with van der Waals surface area (Å²) < 4.78 is 2.37. The fourth-order valence-electron chi connectivity index (χ4n) is 7.62. The first-order valence-corrected chi connectivity index (χ1v) is 15.6. The van der Waals surface area contributed by atoms with Gasteiger partial charge in [0.2, 0.25) is 0 Å². The lowest BCUT2D eigenvalue weighted by Gasteiger charge is -2.28. The topological polar surface area (TPSA) is 21.1 Å². The average molecular weight is 578 g/mol. The van der Waals surface area contributed by atoms with Crippen molar-refractivity contribution in [3.63, 3.8) is 0 Å². The van der Waals surface area contributed by atoms with Crippen LogP contribution in [0, 0.1) is 0 Å². The fraction of sp³-hybridized carbons (Fsp3) is 0.0714. The summed E-state index contributed by atoms with van der Waals surface area (Å²) in [6, 6.07) is 50.7. The molecule has 1 aliphatic rings. The number of aromatic nitrogens is 2. The van der Waals surface area contributed by atoms with E-state index in [1.807, 2.05) is 12.4 Å². The highest BCUT2D eigenvalue weighted by atomic mass is 15.1. The number of nitrogens with zero attached hydrogens (tertiary/aromatic N) is 3. The average Bonchev–Trinajstić information content (AvgIpc) is 3.54. The summed E-state index contributed by atoms with van der Waals surface area (Å²) in [6.07, 6.45) is 3.75. The Kier molecular flexibility index (Phi) is 5.54. The minimum atomic E-state index is -0.140. The van der Waals surface area contributed by atoms with Crippen LogP contribution in [0.25, 0.3) is 49.4 Å². The predicted molar refractivity (Wildman–Crippen MR) is 188 cm³/mol. The van der Waals surface area contributed by atoms with E-state index < -0.39 is 0 Å². The molecule has 0 spiro atoms. The number of hydrogen-bond donors (Lipinski definition) is 0. The summed E-state index contributed by atoms with van der Waals surface area (Å²) in [7, 11) is 0. The molecule has 2 aromatic heterocycles. The lowest BCUT2D eigenvalue weighted by atomic mass is 9.80. The van der Waals surface area contributed by atoms with Crippen LogP contribution < -0.4 is 4.90 Å². The Morgan fingerprint density at radius 3 is 2.04 bits per heavy atom. The minimum absolute atomic E-state index is 0.140. The molecular weight excluding hydrogens is 546 g/mol. The number of para-hydroxylation sites is 2. The summed E-state index contributed by atoms with van der Waals surface area (Å²) in [5, 5.41) is 5.10. The molecule has 0 radical (unpaired) electrons. The van der Waals surface area contributed by atoms with Crippen LogP contribution >= 0.6 is 0 Å². The number of fused-ring (bicyclic) bond motifs is 8. The molecule has 8 aromatic rings. The first-order valence-electron chi connectivity index (χ1n) is 15.6. The van der Waals surface area contributed by atoms with E-state index in [4.69, 9.17) is 0 Å². The van der Waals surface area contributed by atoms with Crippen molar-refractivity contribution in [2.24, 2.45) is 0 Å². The van der Waals surface area contributed by atoms with Crippen LogP contribution in [0.5, 0.6) is 0 Å². The number of rotatable bonds is 4. The first-order chi connectivity index (χ1) is 22.1. The second kappa shape index (κ2) is 9.67. The first kappa shape index (κ1) is 25.8. The van der Waals surface area contributed by atoms with Crippen LogP contribution in [0.2, 0.25) is 0 Å². The van der Waals surface area contributed by atoms with E-state index in [1.165, 1.54) is 54.8 Å². The Labute approximate surface area is 262 Å². The Hall–Kier alpha value is -5.67. The van der Waals surface area contributed by atoms with Crippen LogP contribution in [0.15, 0.2) is 152 Å². The predicted octanol–water partition coefficient (Wildman–Crippen LogP) is 11.1. The SMILES string of the molecule is CC1(C)c2cc(N(c3ccncc3)c3ccc4c(c3)c3ccccc3n4-c3ccccc3)ccc2-c2ccc3ccccc3c21. The van der Waals surface area contributed by atoms with Gasteiger partial charge in [-0.3, -0.25) is 4.98 Å². The van der Waals surface area contributed by atoms with Gasteiger partial charge in [-0.05, 0) is 93.7 Å². The van der Waals surface area contributed by atoms with E-state index >= 15 is 0 Å². The smallest absolute Gasteiger partial charge is 0.0542 e. The molecule has 0 saturated carbocycles. The summed E-state index contributed by atoms with van der Waals surface area (Å²) in [5.74, 6) is 0. The minimum Gasteiger partial charge on any atom is -0.310 e.